The molecule has 2 fully saturated rings. The predicted octanol–water partition coefficient (Wildman–Crippen LogP) is 0.392. The first kappa shape index (κ1) is 13.3. The highest BCUT2D eigenvalue weighted by molar-refractivity contribution is 5.52. The monoisotopic (exact) mass is 277 g/mol. The molecule has 0 atom stereocenters. The molecule has 0 radical (unpaired) electrons. The quantitative estimate of drug-likeness (QED) is 0.636. The Balaban J connectivity index is 1.64. The molecule has 20 heavy (non-hydrogen) atoms. The van der Waals surface area contributed by atoms with Crippen molar-refractivity contribution in [2.45, 2.75) is 13.0 Å². The van der Waals surface area contributed by atoms with Crippen molar-refractivity contribution in [3.05, 3.63) is 27.9 Å². The lowest BCUT2D eigenvalue weighted by atomic mass is 10.1. The van der Waals surface area contributed by atoms with E-state index in [-0.39, 0.29) is 10.6 Å². The maximum atomic E-state index is 11.0. The summed E-state index contributed by atoms with van der Waals surface area (Å²) in [6, 6.07) is 2.14. The van der Waals surface area contributed by atoms with Gasteiger partial charge >= 0.3 is 0 Å². The van der Waals surface area contributed by atoms with Crippen LogP contribution in [0.25, 0.3) is 0 Å². The van der Waals surface area contributed by atoms with Gasteiger partial charge in [-0.2, -0.15) is 0 Å². The van der Waals surface area contributed by atoms with Crippen molar-refractivity contribution in [2.75, 3.05) is 44.2 Å². The number of hydrogen-bond acceptors (Lipinski definition) is 6. The topological polar surface area (TPSA) is 74.5 Å². The number of nitrogens with zero attached hydrogens (tertiary/aromatic N) is 4. The van der Waals surface area contributed by atoms with Gasteiger partial charge in [-0.3, -0.25) is 15.0 Å². The molecule has 108 valence electrons. The fourth-order valence-electron chi connectivity index (χ4n) is 2.79. The second kappa shape index (κ2) is 5.34. The van der Waals surface area contributed by atoms with Gasteiger partial charge in [-0.15, -0.1) is 0 Å². The molecule has 1 N–H and O–H groups in total. The molecular weight excluding hydrogens is 258 g/mol. The Morgan fingerprint density at radius 2 is 2.10 bits per heavy atom. The molecule has 3 rings (SSSR count). The average molecular weight is 277 g/mol. The van der Waals surface area contributed by atoms with E-state index < -0.39 is 0 Å². The minimum atomic E-state index is -0.339. The third-order valence-electron chi connectivity index (χ3n) is 4.11. The van der Waals surface area contributed by atoms with Crippen LogP contribution in [0.3, 0.4) is 0 Å². The summed E-state index contributed by atoms with van der Waals surface area (Å²) < 4.78 is 0. The predicted molar refractivity (Wildman–Crippen MR) is 76.1 cm³/mol. The van der Waals surface area contributed by atoms with Gasteiger partial charge < -0.3 is 10.2 Å². The molecule has 0 aromatic carbocycles. The van der Waals surface area contributed by atoms with E-state index in [0.29, 0.717) is 17.4 Å². The first-order valence-electron chi connectivity index (χ1n) is 6.96. The largest absolute Gasteiger partial charge is 0.353 e. The van der Waals surface area contributed by atoms with Gasteiger partial charge in [-0.1, -0.05) is 0 Å². The molecular formula is C13H19N5O2. The molecule has 0 amide bonds. The Morgan fingerprint density at radius 1 is 1.40 bits per heavy atom. The van der Waals surface area contributed by atoms with E-state index in [4.69, 9.17) is 0 Å². The summed E-state index contributed by atoms with van der Waals surface area (Å²) in [4.78, 5) is 19.5. The van der Waals surface area contributed by atoms with E-state index in [1.165, 1.54) is 0 Å². The number of hydrogen-bond donors (Lipinski definition) is 1. The number of nitrogens with one attached hydrogen (secondary N) is 1. The summed E-state index contributed by atoms with van der Waals surface area (Å²) in [6.45, 7) is 7.80. The lowest BCUT2D eigenvalue weighted by molar-refractivity contribution is -0.385. The Morgan fingerprint density at radius 3 is 2.75 bits per heavy atom. The molecule has 0 unspecified atom stereocenters. The van der Waals surface area contributed by atoms with E-state index in [0.717, 1.165) is 39.3 Å². The fraction of sp³-hybridized carbons (Fsp3) is 0.615. The van der Waals surface area contributed by atoms with Gasteiger partial charge in [0.1, 0.15) is 5.82 Å². The SMILES string of the molecule is Cc1cnc(N2CC(N3CCNCC3)C2)cc1[N+](=O)[O-]. The zero-order valence-corrected chi connectivity index (χ0v) is 11.6. The molecule has 2 saturated heterocycles. The molecule has 2 aliphatic heterocycles. The van der Waals surface area contributed by atoms with E-state index in [2.05, 4.69) is 20.1 Å². The highest BCUT2D eigenvalue weighted by Gasteiger charge is 2.33. The van der Waals surface area contributed by atoms with Crippen LogP contribution in [0.15, 0.2) is 12.3 Å². The van der Waals surface area contributed by atoms with Crippen molar-refractivity contribution in [3.63, 3.8) is 0 Å². The Kier molecular flexibility index (Phi) is 3.54. The number of aromatic nitrogens is 1. The van der Waals surface area contributed by atoms with Crippen molar-refractivity contribution in [1.82, 2.24) is 15.2 Å². The van der Waals surface area contributed by atoms with Crippen molar-refractivity contribution in [2.24, 2.45) is 0 Å². The first-order valence-corrected chi connectivity index (χ1v) is 6.96. The summed E-state index contributed by atoms with van der Waals surface area (Å²) in [5.74, 6) is 0.716. The Bertz CT molecular complexity index is 509. The van der Waals surface area contributed by atoms with Gasteiger partial charge in [0.15, 0.2) is 0 Å². The van der Waals surface area contributed by atoms with Crippen LogP contribution in [0.1, 0.15) is 5.56 Å². The molecule has 0 bridgehead atoms. The van der Waals surface area contributed by atoms with Gasteiger partial charge in [0, 0.05) is 57.1 Å². The van der Waals surface area contributed by atoms with E-state index in [1.807, 2.05) is 0 Å². The summed E-state index contributed by atoms with van der Waals surface area (Å²) >= 11 is 0. The van der Waals surface area contributed by atoms with Crippen LogP contribution in [-0.4, -0.2) is 60.1 Å². The lowest BCUT2D eigenvalue weighted by Gasteiger charge is -2.47. The highest BCUT2D eigenvalue weighted by atomic mass is 16.6. The fourth-order valence-corrected chi connectivity index (χ4v) is 2.79. The van der Waals surface area contributed by atoms with Crippen LogP contribution in [0, 0.1) is 17.0 Å². The summed E-state index contributed by atoms with van der Waals surface area (Å²) in [5, 5.41) is 14.3. The van der Waals surface area contributed by atoms with Crippen molar-refractivity contribution in [1.29, 1.82) is 0 Å². The Labute approximate surface area is 117 Å². The summed E-state index contributed by atoms with van der Waals surface area (Å²) in [7, 11) is 0. The van der Waals surface area contributed by atoms with Gasteiger partial charge in [-0.25, -0.2) is 4.98 Å². The standard InChI is InChI=1S/C13H19N5O2/c1-10-7-15-13(6-12(10)18(19)20)17-8-11(9-17)16-4-2-14-3-5-16/h6-7,11,14H,2-5,8-9H2,1H3. The van der Waals surface area contributed by atoms with Crippen LogP contribution in [0.4, 0.5) is 11.5 Å². The van der Waals surface area contributed by atoms with Gasteiger partial charge in [0.05, 0.1) is 11.0 Å². The lowest BCUT2D eigenvalue weighted by Crippen LogP contribution is -2.63. The number of rotatable bonds is 3. The number of aryl methyl sites for hydroxylation is 1. The maximum Gasteiger partial charge on any atom is 0.277 e. The third kappa shape index (κ3) is 2.46. The molecule has 3 heterocycles. The van der Waals surface area contributed by atoms with Crippen LogP contribution >= 0.6 is 0 Å². The first-order chi connectivity index (χ1) is 9.65. The average Bonchev–Trinajstić information content (AvgIpc) is 2.40. The number of pyridine rings is 1. The van der Waals surface area contributed by atoms with Crippen LogP contribution in [0.5, 0.6) is 0 Å². The second-order valence-electron chi connectivity index (χ2n) is 5.43. The molecule has 2 aliphatic rings. The molecule has 7 heteroatoms. The molecule has 0 aliphatic carbocycles. The minimum absolute atomic E-state index is 0.153. The highest BCUT2D eigenvalue weighted by Crippen LogP contribution is 2.27. The molecule has 0 spiro atoms. The third-order valence-corrected chi connectivity index (χ3v) is 4.11. The molecule has 1 aromatic rings. The van der Waals surface area contributed by atoms with Gasteiger partial charge in [0.2, 0.25) is 0 Å². The maximum absolute atomic E-state index is 11.0. The smallest absolute Gasteiger partial charge is 0.277 e. The van der Waals surface area contributed by atoms with E-state index >= 15 is 0 Å². The van der Waals surface area contributed by atoms with Crippen LogP contribution in [-0.2, 0) is 0 Å². The summed E-state index contributed by atoms with van der Waals surface area (Å²) in [6.07, 6.45) is 1.59. The number of piperazine rings is 1. The van der Waals surface area contributed by atoms with E-state index in [1.54, 1.807) is 19.2 Å². The van der Waals surface area contributed by atoms with Crippen LogP contribution in [0.2, 0.25) is 0 Å². The zero-order valence-electron chi connectivity index (χ0n) is 11.6. The second-order valence-corrected chi connectivity index (χ2v) is 5.43. The number of anilines is 1. The zero-order chi connectivity index (χ0) is 14.1. The van der Waals surface area contributed by atoms with Crippen LogP contribution < -0.4 is 10.2 Å². The number of nitro groups is 1. The van der Waals surface area contributed by atoms with Crippen molar-refractivity contribution < 1.29 is 4.92 Å². The Hall–Kier alpha value is -1.73. The van der Waals surface area contributed by atoms with E-state index in [9.17, 15) is 10.1 Å². The van der Waals surface area contributed by atoms with Crippen molar-refractivity contribution in [3.8, 4) is 0 Å². The summed E-state index contributed by atoms with van der Waals surface area (Å²) in [5.41, 5.74) is 0.763. The molecule has 0 saturated carbocycles. The normalized spacial score (nSPS) is 20.8. The van der Waals surface area contributed by atoms with Gasteiger partial charge in [-0.05, 0) is 6.92 Å². The minimum Gasteiger partial charge on any atom is -0.353 e. The molecule has 7 nitrogen and oxygen atoms in total. The molecule has 1 aromatic heterocycles. The van der Waals surface area contributed by atoms with Gasteiger partial charge in [0.25, 0.3) is 5.69 Å². The van der Waals surface area contributed by atoms with Crippen molar-refractivity contribution >= 4 is 11.5 Å².